The number of rotatable bonds is 4. The van der Waals surface area contributed by atoms with E-state index in [-0.39, 0.29) is 0 Å². The van der Waals surface area contributed by atoms with Gasteiger partial charge in [-0.05, 0) is 6.42 Å². The van der Waals surface area contributed by atoms with Crippen LogP contribution in [0.1, 0.15) is 12.3 Å². The molecule has 1 aliphatic heterocycles. The molecule has 1 aliphatic rings. The molecule has 3 N–H and O–H groups in total. The van der Waals surface area contributed by atoms with Gasteiger partial charge in [0.1, 0.15) is 0 Å². The van der Waals surface area contributed by atoms with Gasteiger partial charge < -0.3 is 15.3 Å². The maximum Gasteiger partial charge on any atom is 0.234 e. The van der Waals surface area contributed by atoms with Crippen LogP contribution in [0.25, 0.3) is 11.3 Å². The predicted octanol–water partition coefficient (Wildman–Crippen LogP) is 0.762. The summed E-state index contributed by atoms with van der Waals surface area (Å²) < 4.78 is 5.71. The maximum absolute atomic E-state index is 11.4. The quantitative estimate of drug-likeness (QED) is 0.866. The highest BCUT2D eigenvalue weighted by Gasteiger charge is 2.35. The fourth-order valence-corrected chi connectivity index (χ4v) is 2.64. The zero-order valence-electron chi connectivity index (χ0n) is 11.5. The summed E-state index contributed by atoms with van der Waals surface area (Å²) in [6, 6.07) is 9.21. The second-order valence-corrected chi connectivity index (χ2v) is 5.22. The van der Waals surface area contributed by atoms with Crippen LogP contribution in [0.2, 0.25) is 0 Å². The number of amides is 1. The van der Waals surface area contributed by atoms with E-state index >= 15 is 0 Å². The monoisotopic (exact) mass is 287 g/mol. The molecule has 1 saturated heterocycles. The molecule has 3 rings (SSSR count). The lowest BCUT2D eigenvalue weighted by atomic mass is 10.2. The zero-order valence-corrected chi connectivity index (χ0v) is 11.5. The summed E-state index contributed by atoms with van der Waals surface area (Å²) in [5.74, 6) is 0.761. The topological polar surface area (TPSA) is 92.6 Å². The second-order valence-electron chi connectivity index (χ2n) is 5.22. The van der Waals surface area contributed by atoms with Crippen molar-refractivity contribution in [2.45, 2.75) is 25.1 Å². The third-order valence-electron chi connectivity index (χ3n) is 3.66. The fourth-order valence-electron chi connectivity index (χ4n) is 2.64. The van der Waals surface area contributed by atoms with Gasteiger partial charge in [-0.25, -0.2) is 4.98 Å². The zero-order chi connectivity index (χ0) is 14.8. The van der Waals surface area contributed by atoms with E-state index in [9.17, 15) is 9.90 Å². The first-order chi connectivity index (χ1) is 10.1. The Bertz CT molecular complexity index is 626. The molecule has 1 amide bonds. The number of hydrogen-bond donors (Lipinski definition) is 2. The molecule has 6 nitrogen and oxygen atoms in total. The van der Waals surface area contributed by atoms with E-state index in [1.807, 2.05) is 30.3 Å². The van der Waals surface area contributed by atoms with Crippen LogP contribution in [0.5, 0.6) is 0 Å². The lowest BCUT2D eigenvalue weighted by Crippen LogP contribution is -2.39. The first kappa shape index (κ1) is 13.8. The van der Waals surface area contributed by atoms with Crippen LogP contribution in [0.4, 0.5) is 0 Å². The highest BCUT2D eigenvalue weighted by atomic mass is 16.4. The average molecular weight is 287 g/mol. The van der Waals surface area contributed by atoms with E-state index in [0.717, 1.165) is 5.56 Å². The minimum absolute atomic E-state index is 0.359. The van der Waals surface area contributed by atoms with Crippen molar-refractivity contribution in [3.8, 4) is 11.3 Å². The van der Waals surface area contributed by atoms with E-state index in [0.29, 0.717) is 31.2 Å². The Labute approximate surface area is 122 Å². The minimum atomic E-state index is -0.536. The molecule has 2 unspecified atom stereocenters. The Kier molecular flexibility index (Phi) is 3.72. The average Bonchev–Trinajstić information content (AvgIpc) is 3.07. The number of β-amino-alcohol motifs (C(OH)–C–C–N with tert-alkyl or cyclic N) is 1. The van der Waals surface area contributed by atoms with E-state index in [1.54, 1.807) is 11.1 Å². The molecule has 0 spiro atoms. The maximum atomic E-state index is 11.4. The number of aliphatic hydroxyl groups is 1. The molecule has 0 bridgehead atoms. The number of nitrogens with zero attached hydrogens (tertiary/aromatic N) is 2. The van der Waals surface area contributed by atoms with Crippen LogP contribution in [0.3, 0.4) is 0 Å². The number of primary amides is 1. The van der Waals surface area contributed by atoms with Crippen LogP contribution in [0, 0.1) is 0 Å². The van der Waals surface area contributed by atoms with E-state index in [1.165, 1.54) is 0 Å². The number of oxazole rings is 1. The molecule has 0 saturated carbocycles. The number of aromatic nitrogens is 1. The lowest BCUT2D eigenvalue weighted by Gasteiger charge is -2.19. The largest absolute Gasteiger partial charge is 0.439 e. The predicted molar refractivity (Wildman–Crippen MR) is 76.0 cm³/mol. The van der Waals surface area contributed by atoms with Crippen molar-refractivity contribution in [1.82, 2.24) is 9.88 Å². The van der Waals surface area contributed by atoms with Gasteiger partial charge in [0.05, 0.1) is 24.9 Å². The van der Waals surface area contributed by atoms with Gasteiger partial charge in [0, 0.05) is 12.1 Å². The van der Waals surface area contributed by atoms with E-state index < -0.39 is 18.1 Å². The summed E-state index contributed by atoms with van der Waals surface area (Å²) in [5, 5.41) is 9.68. The Morgan fingerprint density at radius 3 is 2.90 bits per heavy atom. The van der Waals surface area contributed by atoms with Crippen molar-refractivity contribution in [2.75, 3.05) is 6.54 Å². The normalized spacial score (nSPS) is 22.5. The minimum Gasteiger partial charge on any atom is -0.439 e. The molecule has 0 aliphatic carbocycles. The van der Waals surface area contributed by atoms with E-state index in [2.05, 4.69) is 4.98 Å². The summed E-state index contributed by atoms with van der Waals surface area (Å²) >= 11 is 0. The van der Waals surface area contributed by atoms with Gasteiger partial charge in [-0.2, -0.15) is 0 Å². The summed E-state index contributed by atoms with van der Waals surface area (Å²) in [5.41, 5.74) is 6.31. The summed E-state index contributed by atoms with van der Waals surface area (Å²) in [6.45, 7) is 0.758. The van der Waals surface area contributed by atoms with Crippen LogP contribution in [-0.4, -0.2) is 39.6 Å². The van der Waals surface area contributed by atoms with E-state index in [4.69, 9.17) is 10.2 Å². The number of benzene rings is 1. The number of likely N-dealkylation sites (tertiary alicyclic amines) is 1. The Morgan fingerprint density at radius 2 is 2.19 bits per heavy atom. The number of aliphatic hydroxyl groups excluding tert-OH is 1. The smallest absolute Gasteiger partial charge is 0.234 e. The molecule has 1 aromatic heterocycles. The van der Waals surface area contributed by atoms with Gasteiger partial charge in [0.25, 0.3) is 0 Å². The highest BCUT2D eigenvalue weighted by Crippen LogP contribution is 2.23. The van der Waals surface area contributed by atoms with Crippen LogP contribution >= 0.6 is 0 Å². The van der Waals surface area contributed by atoms with Crippen molar-refractivity contribution in [3.05, 3.63) is 42.4 Å². The molecule has 21 heavy (non-hydrogen) atoms. The first-order valence-corrected chi connectivity index (χ1v) is 6.85. The molecule has 2 heterocycles. The van der Waals surface area contributed by atoms with Crippen molar-refractivity contribution in [2.24, 2.45) is 5.73 Å². The summed E-state index contributed by atoms with van der Waals surface area (Å²) in [4.78, 5) is 17.4. The van der Waals surface area contributed by atoms with Crippen molar-refractivity contribution in [3.63, 3.8) is 0 Å². The number of carbonyl (C=O) groups is 1. The summed E-state index contributed by atoms with van der Waals surface area (Å²) in [7, 11) is 0. The lowest BCUT2D eigenvalue weighted by molar-refractivity contribution is -0.122. The van der Waals surface area contributed by atoms with Crippen molar-refractivity contribution in [1.29, 1.82) is 0 Å². The standard InChI is InChI=1S/C15H17N3O3/c16-15(20)12-6-11(19)8-18(12)9-14-17-7-13(21-14)10-4-2-1-3-5-10/h1-5,7,11-12,19H,6,8-9H2,(H2,16,20). The molecule has 110 valence electrons. The first-order valence-electron chi connectivity index (χ1n) is 6.85. The summed E-state index contributed by atoms with van der Waals surface area (Å²) in [6.07, 6.45) is 1.49. The molecule has 2 atom stereocenters. The molecule has 2 aromatic rings. The molecule has 1 fully saturated rings. The Balaban J connectivity index is 1.74. The van der Waals surface area contributed by atoms with Gasteiger partial charge in [-0.3, -0.25) is 9.69 Å². The van der Waals surface area contributed by atoms with Gasteiger partial charge in [-0.15, -0.1) is 0 Å². The van der Waals surface area contributed by atoms with Crippen LogP contribution in [0.15, 0.2) is 40.9 Å². The van der Waals surface area contributed by atoms with Gasteiger partial charge >= 0.3 is 0 Å². The van der Waals surface area contributed by atoms with Gasteiger partial charge in [0.2, 0.25) is 11.8 Å². The third-order valence-corrected chi connectivity index (χ3v) is 3.66. The number of hydrogen-bond acceptors (Lipinski definition) is 5. The van der Waals surface area contributed by atoms with Crippen molar-refractivity contribution >= 4 is 5.91 Å². The Morgan fingerprint density at radius 1 is 1.43 bits per heavy atom. The number of carbonyl (C=O) groups excluding carboxylic acids is 1. The third kappa shape index (κ3) is 2.96. The van der Waals surface area contributed by atoms with Crippen molar-refractivity contribution < 1.29 is 14.3 Å². The molecule has 1 aromatic carbocycles. The highest BCUT2D eigenvalue weighted by molar-refractivity contribution is 5.80. The van der Waals surface area contributed by atoms with Gasteiger partial charge in [-0.1, -0.05) is 30.3 Å². The molecular formula is C15H17N3O3. The van der Waals surface area contributed by atoms with Gasteiger partial charge in [0.15, 0.2) is 5.76 Å². The number of nitrogens with two attached hydrogens (primary N) is 1. The molecular weight excluding hydrogens is 270 g/mol. The molecule has 0 radical (unpaired) electrons. The SMILES string of the molecule is NC(=O)C1CC(O)CN1Cc1ncc(-c2ccccc2)o1. The van der Waals surface area contributed by atoms with Crippen LogP contribution in [-0.2, 0) is 11.3 Å². The Hall–Kier alpha value is -2.18. The fraction of sp³-hybridized carbons (Fsp3) is 0.333. The van der Waals surface area contributed by atoms with Crippen LogP contribution < -0.4 is 5.73 Å². The second kappa shape index (κ2) is 5.67. The molecule has 6 heteroatoms.